The molecule has 1 aromatic rings. The summed E-state index contributed by atoms with van der Waals surface area (Å²) in [5.41, 5.74) is 7.94. The van der Waals surface area contributed by atoms with Crippen LogP contribution in [0.1, 0.15) is 38.2 Å². The van der Waals surface area contributed by atoms with Gasteiger partial charge >= 0.3 is 0 Å². The molecule has 5 heteroatoms. The third-order valence-electron chi connectivity index (χ3n) is 4.89. The summed E-state index contributed by atoms with van der Waals surface area (Å²) in [4.78, 5) is 17.2. The zero-order valence-corrected chi connectivity index (χ0v) is 16.7. The summed E-state index contributed by atoms with van der Waals surface area (Å²) in [6.07, 6.45) is 5.73. The van der Waals surface area contributed by atoms with Gasteiger partial charge < -0.3 is 15.4 Å². The van der Waals surface area contributed by atoms with E-state index in [9.17, 15) is 4.79 Å². The first-order valence-corrected chi connectivity index (χ1v) is 10.2. The average Bonchev–Trinajstić information content (AvgIpc) is 2.70. The van der Waals surface area contributed by atoms with E-state index in [-0.39, 0.29) is 5.91 Å². The lowest BCUT2D eigenvalue weighted by Gasteiger charge is -2.30. The molecular formula is C22H35N3O2. The lowest BCUT2D eigenvalue weighted by molar-refractivity contribution is -0.131. The molecule has 1 fully saturated rings. The van der Waals surface area contributed by atoms with E-state index >= 15 is 0 Å². The Kier molecular flexibility index (Phi) is 10.1. The zero-order valence-electron chi connectivity index (χ0n) is 16.7. The van der Waals surface area contributed by atoms with Gasteiger partial charge in [-0.3, -0.25) is 9.69 Å². The molecule has 150 valence electrons. The highest BCUT2D eigenvalue weighted by molar-refractivity contribution is 5.76. The van der Waals surface area contributed by atoms with Gasteiger partial charge in [-0.15, -0.1) is 0 Å². The Morgan fingerprint density at radius 1 is 1.19 bits per heavy atom. The van der Waals surface area contributed by atoms with Crippen molar-refractivity contribution in [1.82, 2.24) is 9.80 Å². The Balaban J connectivity index is 1.92. The van der Waals surface area contributed by atoms with Crippen LogP contribution in [-0.4, -0.2) is 68.2 Å². The molecule has 2 N–H and O–H groups in total. The molecule has 0 radical (unpaired) electrons. The molecule has 1 heterocycles. The van der Waals surface area contributed by atoms with Crippen LogP contribution in [0.15, 0.2) is 35.9 Å². The van der Waals surface area contributed by atoms with Crippen molar-refractivity contribution in [2.75, 3.05) is 52.5 Å². The minimum atomic E-state index is 0.251. The van der Waals surface area contributed by atoms with E-state index in [0.717, 1.165) is 58.7 Å². The van der Waals surface area contributed by atoms with Crippen molar-refractivity contribution in [3.63, 3.8) is 0 Å². The number of hydrogen-bond acceptors (Lipinski definition) is 4. The SMILES string of the molecule is CC(=Cc1ccccc1)CN(CCN1CCOCC1)C(=O)CCCCCN. The number of morpholine rings is 1. The van der Waals surface area contributed by atoms with E-state index < -0.39 is 0 Å². The highest BCUT2D eigenvalue weighted by atomic mass is 16.5. The monoisotopic (exact) mass is 373 g/mol. The minimum absolute atomic E-state index is 0.251. The first kappa shape index (κ1) is 21.6. The van der Waals surface area contributed by atoms with Gasteiger partial charge in [-0.05, 0) is 31.9 Å². The van der Waals surface area contributed by atoms with Crippen LogP contribution >= 0.6 is 0 Å². The second-order valence-corrected chi connectivity index (χ2v) is 7.27. The van der Waals surface area contributed by atoms with Gasteiger partial charge in [-0.25, -0.2) is 0 Å². The number of nitrogens with two attached hydrogens (primary N) is 1. The lowest BCUT2D eigenvalue weighted by atomic mass is 10.1. The smallest absolute Gasteiger partial charge is 0.222 e. The molecule has 2 rings (SSSR count). The van der Waals surface area contributed by atoms with Crippen LogP contribution < -0.4 is 5.73 Å². The Labute approximate surface area is 164 Å². The molecule has 0 bridgehead atoms. The topological polar surface area (TPSA) is 58.8 Å². The summed E-state index contributed by atoms with van der Waals surface area (Å²) in [5, 5.41) is 0. The third-order valence-corrected chi connectivity index (χ3v) is 4.89. The molecule has 0 saturated carbocycles. The highest BCUT2D eigenvalue weighted by Gasteiger charge is 2.16. The van der Waals surface area contributed by atoms with Crippen LogP contribution in [0, 0.1) is 0 Å². The lowest BCUT2D eigenvalue weighted by Crippen LogP contribution is -2.43. The fraction of sp³-hybridized carbons (Fsp3) is 0.591. The average molecular weight is 374 g/mol. The van der Waals surface area contributed by atoms with Crippen LogP contribution in [0.2, 0.25) is 0 Å². The summed E-state index contributed by atoms with van der Waals surface area (Å²) in [6.45, 7) is 8.68. The van der Waals surface area contributed by atoms with Crippen molar-refractivity contribution in [2.45, 2.75) is 32.6 Å². The van der Waals surface area contributed by atoms with Gasteiger partial charge in [0.2, 0.25) is 5.91 Å². The van der Waals surface area contributed by atoms with Crippen molar-refractivity contribution < 1.29 is 9.53 Å². The van der Waals surface area contributed by atoms with Crippen LogP contribution in [0.5, 0.6) is 0 Å². The van der Waals surface area contributed by atoms with Gasteiger partial charge in [0.25, 0.3) is 0 Å². The molecule has 0 aliphatic carbocycles. The maximum absolute atomic E-state index is 12.8. The van der Waals surface area contributed by atoms with Crippen molar-refractivity contribution in [3.8, 4) is 0 Å². The van der Waals surface area contributed by atoms with Crippen LogP contribution in [0.4, 0.5) is 0 Å². The van der Waals surface area contributed by atoms with E-state index in [0.29, 0.717) is 19.5 Å². The number of amides is 1. The van der Waals surface area contributed by atoms with Crippen LogP contribution in [0.3, 0.4) is 0 Å². The number of ether oxygens (including phenoxy) is 1. The van der Waals surface area contributed by atoms with Gasteiger partial charge in [-0.2, -0.15) is 0 Å². The second kappa shape index (κ2) is 12.7. The Bertz CT molecular complexity index is 568. The molecule has 1 aromatic carbocycles. The number of carbonyl (C=O) groups is 1. The van der Waals surface area contributed by atoms with Gasteiger partial charge in [0.05, 0.1) is 13.2 Å². The van der Waals surface area contributed by atoms with Gasteiger partial charge in [0.15, 0.2) is 0 Å². The molecule has 1 aliphatic heterocycles. The second-order valence-electron chi connectivity index (χ2n) is 7.27. The largest absolute Gasteiger partial charge is 0.379 e. The van der Waals surface area contributed by atoms with Crippen molar-refractivity contribution in [3.05, 3.63) is 41.5 Å². The van der Waals surface area contributed by atoms with E-state index in [4.69, 9.17) is 10.5 Å². The fourth-order valence-corrected chi connectivity index (χ4v) is 3.31. The van der Waals surface area contributed by atoms with Gasteiger partial charge in [-0.1, -0.05) is 48.4 Å². The first-order valence-electron chi connectivity index (χ1n) is 10.2. The number of benzene rings is 1. The maximum Gasteiger partial charge on any atom is 0.222 e. The van der Waals surface area contributed by atoms with Crippen LogP contribution in [-0.2, 0) is 9.53 Å². The molecule has 0 unspecified atom stereocenters. The standard InChI is InChI=1S/C22H35N3O2/c1-20(18-21-8-4-2-5-9-21)19-25(22(26)10-6-3-7-11-23)13-12-24-14-16-27-17-15-24/h2,4-5,8-9,18H,3,6-7,10-17,19,23H2,1H3. The summed E-state index contributed by atoms with van der Waals surface area (Å²) in [5.74, 6) is 0.251. The van der Waals surface area contributed by atoms with Crippen molar-refractivity contribution in [1.29, 1.82) is 0 Å². The van der Waals surface area contributed by atoms with Crippen LogP contribution in [0.25, 0.3) is 6.08 Å². The Morgan fingerprint density at radius 3 is 2.63 bits per heavy atom. The molecule has 5 nitrogen and oxygen atoms in total. The normalized spacial score (nSPS) is 15.7. The van der Waals surface area contributed by atoms with E-state index in [1.54, 1.807) is 0 Å². The molecule has 27 heavy (non-hydrogen) atoms. The summed E-state index contributed by atoms with van der Waals surface area (Å²) in [7, 11) is 0. The minimum Gasteiger partial charge on any atom is -0.379 e. The molecule has 1 saturated heterocycles. The predicted molar refractivity (Wildman–Crippen MR) is 111 cm³/mol. The Hall–Kier alpha value is -1.69. The first-order chi connectivity index (χ1) is 13.2. The van der Waals surface area contributed by atoms with Crippen molar-refractivity contribution in [2.24, 2.45) is 5.73 Å². The summed E-state index contributed by atoms with van der Waals surface area (Å²) < 4.78 is 5.42. The van der Waals surface area contributed by atoms with E-state index in [1.165, 1.54) is 11.1 Å². The third kappa shape index (κ3) is 8.69. The number of rotatable bonds is 11. The number of hydrogen-bond donors (Lipinski definition) is 1. The fourth-order valence-electron chi connectivity index (χ4n) is 3.31. The van der Waals surface area contributed by atoms with Crippen molar-refractivity contribution >= 4 is 12.0 Å². The summed E-state index contributed by atoms with van der Waals surface area (Å²) >= 11 is 0. The summed E-state index contributed by atoms with van der Waals surface area (Å²) in [6, 6.07) is 10.3. The van der Waals surface area contributed by atoms with E-state index in [2.05, 4.69) is 30.0 Å². The zero-order chi connectivity index (χ0) is 19.3. The molecule has 0 spiro atoms. The molecule has 1 amide bonds. The predicted octanol–water partition coefficient (Wildman–Crippen LogP) is 2.77. The van der Waals surface area contributed by atoms with Gasteiger partial charge in [0.1, 0.15) is 0 Å². The number of nitrogens with zero attached hydrogens (tertiary/aromatic N) is 2. The maximum atomic E-state index is 12.8. The Morgan fingerprint density at radius 2 is 1.93 bits per heavy atom. The van der Waals surface area contributed by atoms with E-state index in [1.807, 2.05) is 23.1 Å². The number of unbranched alkanes of at least 4 members (excludes halogenated alkanes) is 2. The highest BCUT2D eigenvalue weighted by Crippen LogP contribution is 2.11. The molecule has 1 aliphatic rings. The molecule has 0 atom stereocenters. The molecular weight excluding hydrogens is 338 g/mol. The van der Waals surface area contributed by atoms with Gasteiger partial charge in [0, 0.05) is 39.1 Å². The molecule has 0 aromatic heterocycles. The number of carbonyl (C=O) groups excluding carboxylic acids is 1. The quantitative estimate of drug-likeness (QED) is 0.606.